The number of fused-ring (bicyclic) bond motifs is 1. The Balaban J connectivity index is 1.93. The number of halogens is 3. The number of nitrogens with one attached hydrogen (secondary N) is 1. The van der Waals surface area contributed by atoms with Crippen molar-refractivity contribution in [3.05, 3.63) is 45.4 Å². The third-order valence-corrected chi connectivity index (χ3v) is 6.99. The van der Waals surface area contributed by atoms with Crippen LogP contribution in [0.1, 0.15) is 46.9 Å². The number of nitrogens with two attached hydrogens (primary N) is 1. The maximum Gasteiger partial charge on any atom is 0.280 e. The molecule has 0 saturated heterocycles. The first kappa shape index (κ1) is 24.0. The van der Waals surface area contributed by atoms with Crippen molar-refractivity contribution in [1.29, 1.82) is 0 Å². The van der Waals surface area contributed by atoms with Crippen molar-refractivity contribution in [2.75, 3.05) is 5.32 Å². The molecule has 0 saturated carbocycles. The van der Waals surface area contributed by atoms with Crippen LogP contribution in [0.2, 0.25) is 0 Å². The lowest BCUT2D eigenvalue weighted by Crippen LogP contribution is -2.27. The van der Waals surface area contributed by atoms with Gasteiger partial charge in [0.25, 0.3) is 12.3 Å². The topological polar surface area (TPSA) is 121 Å². The molecule has 1 atom stereocenters. The van der Waals surface area contributed by atoms with Crippen molar-refractivity contribution in [1.82, 2.24) is 24.5 Å². The predicted molar refractivity (Wildman–Crippen MR) is 128 cm³/mol. The first-order valence-corrected chi connectivity index (χ1v) is 11.8. The number of aromatic nitrogens is 5. The van der Waals surface area contributed by atoms with Gasteiger partial charge in [-0.25, -0.2) is 13.8 Å². The largest absolute Gasteiger partial charge is 0.365 e. The van der Waals surface area contributed by atoms with Crippen molar-refractivity contribution in [3.63, 3.8) is 0 Å². The number of amides is 2. The zero-order chi connectivity index (χ0) is 24.7. The van der Waals surface area contributed by atoms with Gasteiger partial charge in [0.05, 0.1) is 22.6 Å². The number of hydrogen-bond acceptors (Lipinski definition) is 6. The van der Waals surface area contributed by atoms with Crippen molar-refractivity contribution >= 4 is 55.0 Å². The number of carbonyl (C=O) groups is 2. The minimum Gasteiger partial charge on any atom is -0.365 e. The second-order valence-electron chi connectivity index (χ2n) is 7.57. The molecule has 4 aromatic rings. The molecule has 0 aliphatic rings. The van der Waals surface area contributed by atoms with E-state index in [1.54, 1.807) is 37.2 Å². The summed E-state index contributed by atoms with van der Waals surface area (Å²) in [5.74, 6) is -1.24. The summed E-state index contributed by atoms with van der Waals surface area (Å²) >= 11 is 4.17. The number of alkyl halides is 2. The maximum atomic E-state index is 13.7. The summed E-state index contributed by atoms with van der Waals surface area (Å²) in [5.41, 5.74) is 6.95. The molecule has 4 rings (SSSR count). The van der Waals surface area contributed by atoms with Gasteiger partial charge in [0.1, 0.15) is 21.4 Å². The molecule has 9 nitrogen and oxygen atoms in total. The Hall–Kier alpha value is -3.19. The molecule has 34 heavy (non-hydrogen) atoms. The van der Waals surface area contributed by atoms with Crippen LogP contribution < -0.4 is 11.1 Å². The zero-order valence-electron chi connectivity index (χ0n) is 18.3. The first-order chi connectivity index (χ1) is 16.1. The lowest BCUT2D eigenvalue weighted by Gasteiger charge is -2.16. The molecule has 13 heteroatoms. The Morgan fingerprint density at radius 2 is 2.00 bits per heavy atom. The maximum absolute atomic E-state index is 13.7. The molecule has 1 unspecified atom stereocenters. The number of thiophene rings is 1. The van der Waals surface area contributed by atoms with E-state index in [0.717, 1.165) is 11.3 Å². The molecule has 0 spiro atoms. The summed E-state index contributed by atoms with van der Waals surface area (Å²) in [5, 5.41) is 11.5. The van der Waals surface area contributed by atoms with Crippen LogP contribution in [0.5, 0.6) is 0 Å². The second-order valence-corrected chi connectivity index (χ2v) is 9.48. The summed E-state index contributed by atoms with van der Waals surface area (Å²) in [6.07, 6.45) is 2.35. The molecule has 178 valence electrons. The van der Waals surface area contributed by atoms with Gasteiger partial charge in [-0.15, -0.1) is 11.3 Å². The summed E-state index contributed by atoms with van der Waals surface area (Å²) in [7, 11) is 1.73. The highest BCUT2D eigenvalue weighted by Crippen LogP contribution is 2.43. The molecule has 0 fully saturated rings. The number of carbonyl (C=O) groups excluding carboxylic acids is 2. The zero-order valence-corrected chi connectivity index (χ0v) is 20.7. The van der Waals surface area contributed by atoms with Gasteiger partial charge in [-0.2, -0.15) is 10.2 Å². The lowest BCUT2D eigenvalue weighted by molar-refractivity contribution is -0.119. The molecule has 0 aliphatic heterocycles. The normalized spacial score (nSPS) is 12.4. The van der Waals surface area contributed by atoms with E-state index in [4.69, 9.17) is 5.73 Å². The molecule has 0 radical (unpaired) electrons. The van der Waals surface area contributed by atoms with Crippen molar-refractivity contribution in [2.24, 2.45) is 12.8 Å². The van der Waals surface area contributed by atoms with Gasteiger partial charge in [0, 0.05) is 29.9 Å². The summed E-state index contributed by atoms with van der Waals surface area (Å²) in [6, 6.07) is 0.574. The highest BCUT2D eigenvalue weighted by molar-refractivity contribution is 9.10. The van der Waals surface area contributed by atoms with E-state index in [-0.39, 0.29) is 15.4 Å². The van der Waals surface area contributed by atoms with Crippen LogP contribution in [0.4, 0.5) is 14.5 Å². The number of hydrogen-bond donors (Lipinski definition) is 2. The van der Waals surface area contributed by atoms with Gasteiger partial charge in [-0.3, -0.25) is 19.0 Å². The summed E-state index contributed by atoms with van der Waals surface area (Å²) in [4.78, 5) is 29.8. The van der Waals surface area contributed by atoms with Gasteiger partial charge in [0.2, 0.25) is 5.91 Å². The Kier molecular flexibility index (Phi) is 6.49. The molecule has 0 bridgehead atoms. The van der Waals surface area contributed by atoms with Crippen LogP contribution in [0.25, 0.3) is 21.3 Å². The van der Waals surface area contributed by atoms with Crippen LogP contribution >= 0.6 is 27.3 Å². The standard InChI is InChI=1S/C21H20BrF2N7O2S/c1-4-14(31-8-10(22)6-27-31)20(33)29-16-15-11(12-7-26-30(3)9(12)2)5-13(18(23)24)28-21(15)34-17(16)19(25)32/h5-8,14,18H,4H2,1-3H3,(H2,25,32)(H,29,33). The average Bonchev–Trinajstić information content (AvgIpc) is 3.46. The van der Waals surface area contributed by atoms with Gasteiger partial charge < -0.3 is 11.1 Å². The summed E-state index contributed by atoms with van der Waals surface area (Å²) < 4.78 is 31.1. The van der Waals surface area contributed by atoms with Crippen LogP contribution in [0, 0.1) is 6.92 Å². The molecule has 4 aromatic heterocycles. The molecule has 2 amide bonds. The Labute approximate surface area is 205 Å². The molecule has 0 aliphatic carbocycles. The first-order valence-electron chi connectivity index (χ1n) is 10.2. The highest BCUT2D eigenvalue weighted by Gasteiger charge is 2.28. The van der Waals surface area contributed by atoms with Crippen LogP contribution in [0.3, 0.4) is 0 Å². The van der Waals surface area contributed by atoms with Crippen molar-refractivity contribution in [2.45, 2.75) is 32.7 Å². The van der Waals surface area contributed by atoms with Gasteiger partial charge in [-0.05, 0) is 40.9 Å². The predicted octanol–water partition coefficient (Wildman–Crippen LogP) is 4.59. The van der Waals surface area contributed by atoms with Gasteiger partial charge >= 0.3 is 0 Å². The minimum atomic E-state index is -2.83. The van der Waals surface area contributed by atoms with E-state index in [9.17, 15) is 18.4 Å². The van der Waals surface area contributed by atoms with E-state index in [1.165, 1.54) is 10.7 Å². The third-order valence-electron chi connectivity index (χ3n) is 5.48. The van der Waals surface area contributed by atoms with Gasteiger partial charge in [0.15, 0.2) is 0 Å². The van der Waals surface area contributed by atoms with Gasteiger partial charge in [-0.1, -0.05) is 6.92 Å². The Morgan fingerprint density at radius 1 is 1.26 bits per heavy atom. The molecular weight excluding hydrogens is 532 g/mol. The van der Waals surface area contributed by atoms with E-state index in [1.807, 2.05) is 6.92 Å². The number of nitrogens with zero attached hydrogens (tertiary/aromatic N) is 5. The smallest absolute Gasteiger partial charge is 0.280 e. The fourth-order valence-corrected chi connectivity index (χ4v) is 5.00. The number of aryl methyl sites for hydroxylation is 1. The lowest BCUT2D eigenvalue weighted by atomic mass is 10.0. The minimum absolute atomic E-state index is 0.0153. The van der Waals surface area contributed by atoms with Crippen LogP contribution in [-0.4, -0.2) is 36.4 Å². The quantitative estimate of drug-likeness (QED) is 0.348. The monoisotopic (exact) mass is 551 g/mol. The number of rotatable bonds is 7. The van der Waals surface area contributed by atoms with E-state index in [2.05, 4.69) is 36.4 Å². The number of pyridine rings is 1. The van der Waals surface area contributed by atoms with Crippen molar-refractivity contribution in [3.8, 4) is 11.1 Å². The number of primary amides is 1. The summed E-state index contributed by atoms with van der Waals surface area (Å²) in [6.45, 7) is 3.61. The van der Waals surface area contributed by atoms with Crippen LogP contribution in [0.15, 0.2) is 29.1 Å². The van der Waals surface area contributed by atoms with Crippen molar-refractivity contribution < 1.29 is 18.4 Å². The molecule has 4 heterocycles. The molecule has 0 aromatic carbocycles. The third kappa shape index (κ3) is 4.20. The Morgan fingerprint density at radius 3 is 2.53 bits per heavy atom. The van der Waals surface area contributed by atoms with E-state index >= 15 is 0 Å². The Bertz CT molecular complexity index is 1410. The fourth-order valence-electron chi connectivity index (χ4n) is 3.68. The molecule has 3 N–H and O–H groups in total. The van der Waals surface area contributed by atoms with Crippen LogP contribution in [-0.2, 0) is 11.8 Å². The van der Waals surface area contributed by atoms with E-state index < -0.39 is 30.0 Å². The molecular formula is C21H20BrF2N7O2S. The fraction of sp³-hybridized carbons (Fsp3) is 0.286. The van der Waals surface area contributed by atoms with E-state index in [0.29, 0.717) is 33.1 Å². The average molecular weight is 552 g/mol. The second kappa shape index (κ2) is 9.22. The number of anilines is 1. The highest BCUT2D eigenvalue weighted by atomic mass is 79.9. The SMILES string of the molecule is CCC(C(=O)Nc1c(C(N)=O)sc2nc(C(F)F)cc(-c3cnn(C)c3C)c12)n1cc(Br)cn1.